The highest BCUT2D eigenvalue weighted by atomic mass is 16.5. The minimum atomic E-state index is -0.346. The number of ether oxygens (including phenoxy) is 2. The number of benzene rings is 2. The molecule has 0 amide bonds. The highest BCUT2D eigenvalue weighted by Crippen LogP contribution is 2.48. The van der Waals surface area contributed by atoms with Crippen molar-refractivity contribution < 1.29 is 14.3 Å². The Bertz CT molecular complexity index is 615. The molecule has 1 aliphatic rings. The first-order valence-corrected chi connectivity index (χ1v) is 7.10. The quantitative estimate of drug-likeness (QED) is 0.779. The van der Waals surface area contributed by atoms with Crippen LogP contribution >= 0.6 is 0 Å². The summed E-state index contributed by atoms with van der Waals surface area (Å²) in [6, 6.07) is 17.6. The Morgan fingerprint density at radius 1 is 1.05 bits per heavy atom. The van der Waals surface area contributed by atoms with Gasteiger partial charge in [-0.05, 0) is 42.7 Å². The molecular formula is C18H18O3. The van der Waals surface area contributed by atoms with Crippen LogP contribution in [0.15, 0.2) is 54.6 Å². The maximum atomic E-state index is 10.9. The van der Waals surface area contributed by atoms with Crippen LogP contribution in [0.5, 0.6) is 11.5 Å². The van der Waals surface area contributed by atoms with Gasteiger partial charge in [0.2, 0.25) is 0 Å². The summed E-state index contributed by atoms with van der Waals surface area (Å²) in [5, 5.41) is 0. The van der Waals surface area contributed by atoms with Crippen molar-refractivity contribution in [2.45, 2.75) is 18.4 Å². The van der Waals surface area contributed by atoms with Gasteiger partial charge in [0.1, 0.15) is 17.8 Å². The van der Waals surface area contributed by atoms with Gasteiger partial charge in [0.05, 0.1) is 5.60 Å². The number of methoxy groups -OCH3 is 1. The van der Waals surface area contributed by atoms with E-state index in [0.717, 1.165) is 36.2 Å². The molecule has 0 N–H and O–H groups in total. The second-order valence-electron chi connectivity index (χ2n) is 5.45. The lowest BCUT2D eigenvalue weighted by Crippen LogP contribution is -2.43. The largest absolute Gasteiger partial charge is 0.457 e. The number of hydrogen-bond donors (Lipinski definition) is 0. The van der Waals surface area contributed by atoms with Gasteiger partial charge >= 0.3 is 0 Å². The molecule has 0 unspecified atom stereocenters. The fourth-order valence-electron chi connectivity index (χ4n) is 2.87. The molecule has 0 bridgehead atoms. The molecule has 3 nitrogen and oxygen atoms in total. The van der Waals surface area contributed by atoms with Gasteiger partial charge in [-0.1, -0.05) is 30.3 Å². The van der Waals surface area contributed by atoms with Crippen LogP contribution in [-0.2, 0) is 15.1 Å². The molecule has 1 saturated carbocycles. The fourth-order valence-corrected chi connectivity index (χ4v) is 2.87. The summed E-state index contributed by atoms with van der Waals surface area (Å²) in [4.78, 5) is 10.9. The van der Waals surface area contributed by atoms with Gasteiger partial charge in [0.25, 0.3) is 0 Å². The Kier molecular flexibility index (Phi) is 3.76. The Morgan fingerprint density at radius 2 is 1.76 bits per heavy atom. The third-order valence-electron chi connectivity index (χ3n) is 4.11. The average molecular weight is 282 g/mol. The molecule has 0 saturated heterocycles. The highest BCUT2D eigenvalue weighted by molar-refractivity contribution is 5.57. The van der Waals surface area contributed by atoms with Gasteiger partial charge in [-0.2, -0.15) is 0 Å². The van der Waals surface area contributed by atoms with Gasteiger partial charge < -0.3 is 14.3 Å². The first-order chi connectivity index (χ1) is 10.3. The summed E-state index contributed by atoms with van der Waals surface area (Å²) in [7, 11) is 1.70. The van der Waals surface area contributed by atoms with E-state index in [4.69, 9.17) is 9.47 Å². The zero-order valence-electron chi connectivity index (χ0n) is 12.0. The first kappa shape index (κ1) is 13.8. The topological polar surface area (TPSA) is 35.5 Å². The molecule has 0 radical (unpaired) electrons. The van der Waals surface area contributed by atoms with E-state index in [0.29, 0.717) is 0 Å². The van der Waals surface area contributed by atoms with Crippen LogP contribution in [0.25, 0.3) is 0 Å². The SMILES string of the molecule is COC1(c2cccc(Oc3ccccc3)c2)CC(C=O)C1. The average Bonchev–Trinajstić information content (AvgIpc) is 2.49. The summed E-state index contributed by atoms with van der Waals surface area (Å²) < 4.78 is 11.5. The van der Waals surface area contributed by atoms with E-state index in [2.05, 4.69) is 0 Å². The lowest BCUT2D eigenvalue weighted by Gasteiger charge is -2.44. The lowest BCUT2D eigenvalue weighted by atomic mass is 9.68. The van der Waals surface area contributed by atoms with Crippen molar-refractivity contribution >= 4 is 6.29 Å². The van der Waals surface area contributed by atoms with Crippen molar-refractivity contribution in [1.82, 2.24) is 0 Å². The molecule has 3 heteroatoms. The van der Waals surface area contributed by atoms with Crippen LogP contribution in [0, 0.1) is 5.92 Å². The zero-order valence-corrected chi connectivity index (χ0v) is 12.0. The molecule has 108 valence electrons. The summed E-state index contributed by atoms with van der Waals surface area (Å²) in [5.41, 5.74) is 0.721. The van der Waals surface area contributed by atoms with E-state index < -0.39 is 0 Å². The fraction of sp³-hybridized carbons (Fsp3) is 0.278. The predicted molar refractivity (Wildman–Crippen MR) is 80.4 cm³/mol. The normalized spacial score (nSPS) is 24.1. The number of rotatable bonds is 5. The molecule has 0 atom stereocenters. The van der Waals surface area contributed by atoms with Crippen molar-refractivity contribution in [1.29, 1.82) is 0 Å². The third kappa shape index (κ3) is 2.69. The van der Waals surface area contributed by atoms with Gasteiger partial charge in [-0.25, -0.2) is 0 Å². The van der Waals surface area contributed by atoms with Crippen LogP contribution < -0.4 is 4.74 Å². The van der Waals surface area contributed by atoms with Gasteiger partial charge in [-0.3, -0.25) is 0 Å². The van der Waals surface area contributed by atoms with E-state index in [9.17, 15) is 4.79 Å². The monoisotopic (exact) mass is 282 g/mol. The van der Waals surface area contributed by atoms with Crippen LogP contribution in [-0.4, -0.2) is 13.4 Å². The van der Waals surface area contributed by atoms with Crippen LogP contribution in [0.4, 0.5) is 0 Å². The smallest absolute Gasteiger partial charge is 0.127 e. The van der Waals surface area contributed by atoms with Crippen LogP contribution in [0.3, 0.4) is 0 Å². The molecule has 2 aromatic rings. The zero-order chi connectivity index (χ0) is 14.7. The number of carbonyl (C=O) groups excluding carboxylic acids is 1. The molecule has 0 aromatic heterocycles. The maximum absolute atomic E-state index is 10.9. The van der Waals surface area contributed by atoms with Crippen molar-refractivity contribution in [3.8, 4) is 11.5 Å². The minimum absolute atomic E-state index is 0.101. The summed E-state index contributed by atoms with van der Waals surface area (Å²) in [5.74, 6) is 1.69. The number of carbonyl (C=O) groups is 1. The van der Waals surface area contributed by atoms with Crippen molar-refractivity contribution in [3.05, 3.63) is 60.2 Å². The molecule has 1 fully saturated rings. The van der Waals surface area contributed by atoms with Crippen molar-refractivity contribution in [3.63, 3.8) is 0 Å². The Morgan fingerprint density at radius 3 is 2.43 bits per heavy atom. The van der Waals surface area contributed by atoms with Gasteiger partial charge in [0, 0.05) is 13.0 Å². The molecular weight excluding hydrogens is 264 g/mol. The van der Waals surface area contributed by atoms with E-state index in [1.807, 2.05) is 54.6 Å². The molecule has 0 heterocycles. The Hall–Kier alpha value is -2.13. The molecule has 21 heavy (non-hydrogen) atoms. The molecule has 2 aromatic carbocycles. The van der Waals surface area contributed by atoms with Gasteiger partial charge in [0.15, 0.2) is 0 Å². The van der Waals surface area contributed by atoms with Crippen LogP contribution in [0.2, 0.25) is 0 Å². The summed E-state index contributed by atoms with van der Waals surface area (Å²) in [6.45, 7) is 0. The van der Waals surface area contributed by atoms with Gasteiger partial charge in [-0.15, -0.1) is 0 Å². The predicted octanol–water partition coefficient (Wildman–Crippen LogP) is 3.93. The van der Waals surface area contributed by atoms with E-state index in [1.54, 1.807) is 7.11 Å². The molecule has 1 aliphatic carbocycles. The standard InChI is InChI=1S/C18H18O3/c1-20-18(11-14(12-18)13-19)15-6-5-9-17(10-15)21-16-7-3-2-4-8-16/h2-10,13-14H,11-12H2,1H3. The molecule has 0 spiro atoms. The second-order valence-corrected chi connectivity index (χ2v) is 5.45. The van der Waals surface area contributed by atoms with Crippen molar-refractivity contribution in [2.75, 3.05) is 7.11 Å². The maximum Gasteiger partial charge on any atom is 0.127 e. The van der Waals surface area contributed by atoms with Crippen molar-refractivity contribution in [2.24, 2.45) is 5.92 Å². The number of aldehydes is 1. The second kappa shape index (κ2) is 5.70. The van der Waals surface area contributed by atoms with E-state index in [1.165, 1.54) is 0 Å². The summed E-state index contributed by atoms with van der Waals surface area (Å²) in [6.07, 6.45) is 2.49. The first-order valence-electron chi connectivity index (χ1n) is 7.10. The van der Waals surface area contributed by atoms with E-state index in [-0.39, 0.29) is 11.5 Å². The lowest BCUT2D eigenvalue weighted by molar-refractivity contribution is -0.136. The van der Waals surface area contributed by atoms with Crippen LogP contribution in [0.1, 0.15) is 18.4 Å². The highest BCUT2D eigenvalue weighted by Gasteiger charge is 2.46. The third-order valence-corrected chi connectivity index (χ3v) is 4.11. The van der Waals surface area contributed by atoms with E-state index >= 15 is 0 Å². The summed E-state index contributed by atoms with van der Waals surface area (Å²) >= 11 is 0. The Labute approximate surface area is 124 Å². The number of para-hydroxylation sites is 1. The molecule has 3 rings (SSSR count). The number of hydrogen-bond acceptors (Lipinski definition) is 3. The molecule has 0 aliphatic heterocycles. The Balaban J connectivity index is 1.82. The minimum Gasteiger partial charge on any atom is -0.457 e.